The van der Waals surface area contributed by atoms with Crippen LogP contribution in [0.15, 0.2) is 0 Å². The zero-order chi connectivity index (χ0) is 29.1. The molecule has 16 heteroatoms. The molecule has 4 N–H and O–H groups in total. The normalized spacial score (nSPS) is 12.5. The number of nitrogens with one attached hydrogen (secondary N) is 2. The molecule has 0 rings (SSSR count). The molecule has 0 fully saturated rings. The number of aliphatic carboxylic acids is 2. The van der Waals surface area contributed by atoms with Crippen LogP contribution < -0.4 is 10.6 Å². The summed E-state index contributed by atoms with van der Waals surface area (Å²) in [4.78, 5) is 74.2. The average molecular weight is 583 g/mol. The van der Waals surface area contributed by atoms with E-state index in [0.29, 0.717) is 24.3 Å². The Morgan fingerprint density at radius 2 is 1.03 bits per heavy atom. The van der Waals surface area contributed by atoms with Gasteiger partial charge < -0.3 is 30.3 Å². The first kappa shape index (κ1) is 35.4. The van der Waals surface area contributed by atoms with E-state index in [-0.39, 0.29) is 26.2 Å². The summed E-state index contributed by atoms with van der Waals surface area (Å²) >= 11 is 2.96. The number of methoxy groups -OCH3 is 2. The van der Waals surface area contributed by atoms with Crippen molar-refractivity contribution in [1.82, 2.24) is 20.4 Å². The van der Waals surface area contributed by atoms with Gasteiger partial charge in [-0.2, -0.15) is 23.5 Å². The molecule has 14 nitrogen and oxygen atoms in total. The SMILES string of the molecule is COC(=O)C(CCSC)NC(=O)CN(CCN(CC(=O)O)CC(=O)NC(CCSC)C(=O)OC)CC(=O)O. The van der Waals surface area contributed by atoms with Gasteiger partial charge in [0, 0.05) is 13.1 Å². The van der Waals surface area contributed by atoms with Gasteiger partial charge in [-0.05, 0) is 36.9 Å². The molecule has 0 spiro atoms. The lowest BCUT2D eigenvalue weighted by Crippen LogP contribution is -2.50. The molecule has 2 atom stereocenters. The van der Waals surface area contributed by atoms with Gasteiger partial charge >= 0.3 is 23.9 Å². The van der Waals surface area contributed by atoms with Crippen molar-refractivity contribution >= 4 is 59.2 Å². The maximum absolute atomic E-state index is 12.6. The highest BCUT2D eigenvalue weighted by Gasteiger charge is 2.25. The number of thioether (sulfide) groups is 2. The van der Waals surface area contributed by atoms with Gasteiger partial charge in [0.25, 0.3) is 0 Å². The average Bonchev–Trinajstić information content (AvgIpc) is 2.85. The van der Waals surface area contributed by atoms with Gasteiger partial charge in [-0.15, -0.1) is 0 Å². The van der Waals surface area contributed by atoms with Gasteiger partial charge in [0.1, 0.15) is 12.1 Å². The summed E-state index contributed by atoms with van der Waals surface area (Å²) in [5.41, 5.74) is 0. The topological polar surface area (TPSA) is 192 Å². The minimum Gasteiger partial charge on any atom is -0.480 e. The Hall–Kier alpha value is -2.56. The standard InChI is InChI=1S/C22H38N4O10S2/c1-35-21(33)15(5-9-37-3)23-17(27)11-25(13-19(29)30)7-8-26(14-20(31)32)12-18(28)24-16(6-10-38-4)22(34)36-2/h15-16H,5-14H2,1-4H3,(H,23,27)(H,24,28)(H,29,30)(H,31,32). The van der Waals surface area contributed by atoms with Gasteiger partial charge in [-0.25, -0.2) is 9.59 Å². The van der Waals surface area contributed by atoms with E-state index in [1.54, 1.807) is 0 Å². The van der Waals surface area contributed by atoms with Crippen molar-refractivity contribution in [2.75, 3.05) is 77.5 Å². The minimum atomic E-state index is -1.22. The van der Waals surface area contributed by atoms with E-state index < -0.39 is 60.9 Å². The van der Waals surface area contributed by atoms with Gasteiger partial charge in [-0.1, -0.05) is 0 Å². The lowest BCUT2D eigenvalue weighted by atomic mass is 10.2. The van der Waals surface area contributed by atoms with Crippen LogP contribution in [-0.2, 0) is 38.2 Å². The first-order valence-electron chi connectivity index (χ1n) is 11.6. The predicted molar refractivity (Wildman–Crippen MR) is 142 cm³/mol. The summed E-state index contributed by atoms with van der Waals surface area (Å²) < 4.78 is 9.41. The number of esters is 2. The fraction of sp³-hybridized carbons (Fsp3) is 0.727. The van der Waals surface area contributed by atoms with Gasteiger partial charge in [0.2, 0.25) is 11.8 Å². The van der Waals surface area contributed by atoms with Crippen molar-refractivity contribution in [1.29, 1.82) is 0 Å². The van der Waals surface area contributed by atoms with Crippen LogP contribution in [0.2, 0.25) is 0 Å². The van der Waals surface area contributed by atoms with E-state index in [4.69, 9.17) is 9.47 Å². The van der Waals surface area contributed by atoms with Gasteiger partial charge in [-0.3, -0.25) is 29.0 Å². The molecule has 0 bridgehead atoms. The lowest BCUT2D eigenvalue weighted by molar-refractivity contribution is -0.146. The monoisotopic (exact) mass is 582 g/mol. The van der Waals surface area contributed by atoms with Crippen LogP contribution in [0.25, 0.3) is 0 Å². The smallest absolute Gasteiger partial charge is 0.328 e. The molecule has 0 saturated heterocycles. The molecule has 0 aromatic rings. The second-order valence-electron chi connectivity index (χ2n) is 8.06. The molecule has 0 aliphatic heterocycles. The first-order chi connectivity index (χ1) is 18.0. The summed E-state index contributed by atoms with van der Waals surface area (Å²) in [5, 5.41) is 23.6. The fourth-order valence-electron chi connectivity index (χ4n) is 3.23. The van der Waals surface area contributed by atoms with Crippen LogP contribution in [0.4, 0.5) is 0 Å². The van der Waals surface area contributed by atoms with Crippen LogP contribution in [-0.4, -0.2) is 145 Å². The lowest BCUT2D eigenvalue weighted by Gasteiger charge is -2.26. The first-order valence-corrected chi connectivity index (χ1v) is 14.4. The summed E-state index contributed by atoms with van der Waals surface area (Å²) in [6, 6.07) is -1.79. The van der Waals surface area contributed by atoms with Crippen LogP contribution in [0.1, 0.15) is 12.8 Å². The highest BCUT2D eigenvalue weighted by atomic mass is 32.2. The molecule has 0 heterocycles. The molecule has 0 radical (unpaired) electrons. The molecule has 218 valence electrons. The van der Waals surface area contributed by atoms with E-state index >= 15 is 0 Å². The van der Waals surface area contributed by atoms with Gasteiger partial charge in [0.15, 0.2) is 0 Å². The predicted octanol–water partition coefficient (Wildman–Crippen LogP) is -1.42. The number of nitrogens with zero attached hydrogens (tertiary/aromatic N) is 2. The second-order valence-corrected chi connectivity index (χ2v) is 10.0. The summed E-state index contributed by atoms with van der Waals surface area (Å²) in [5.74, 6) is -3.75. The van der Waals surface area contributed by atoms with Crippen molar-refractivity contribution < 1.29 is 48.5 Å². The van der Waals surface area contributed by atoms with E-state index in [2.05, 4.69) is 10.6 Å². The Morgan fingerprint density at radius 1 is 0.684 bits per heavy atom. The van der Waals surface area contributed by atoms with E-state index in [9.17, 15) is 39.0 Å². The largest absolute Gasteiger partial charge is 0.480 e. The highest BCUT2D eigenvalue weighted by molar-refractivity contribution is 7.98. The molecule has 0 aromatic carbocycles. The number of carbonyl (C=O) groups excluding carboxylic acids is 4. The van der Waals surface area contributed by atoms with E-state index in [1.807, 2.05) is 12.5 Å². The maximum Gasteiger partial charge on any atom is 0.328 e. The van der Waals surface area contributed by atoms with Crippen molar-refractivity contribution in [3.63, 3.8) is 0 Å². The number of carboxylic acids is 2. The van der Waals surface area contributed by atoms with Crippen molar-refractivity contribution in [3.8, 4) is 0 Å². The summed E-state index contributed by atoms with van der Waals surface area (Å²) in [6.45, 7) is -1.97. The minimum absolute atomic E-state index is 0.0686. The molecule has 38 heavy (non-hydrogen) atoms. The van der Waals surface area contributed by atoms with Crippen LogP contribution in [0.3, 0.4) is 0 Å². The van der Waals surface area contributed by atoms with Crippen molar-refractivity contribution in [2.24, 2.45) is 0 Å². The molecule has 0 aromatic heterocycles. The van der Waals surface area contributed by atoms with Crippen LogP contribution >= 0.6 is 23.5 Å². The molecular formula is C22H38N4O10S2. The molecule has 2 amide bonds. The zero-order valence-electron chi connectivity index (χ0n) is 22.1. The molecule has 2 unspecified atom stereocenters. The fourth-order valence-corrected chi connectivity index (χ4v) is 4.18. The number of carboxylic acid groups (broad SMARTS) is 2. The zero-order valence-corrected chi connectivity index (χ0v) is 23.7. The number of hydrogen-bond acceptors (Lipinski definition) is 12. The maximum atomic E-state index is 12.6. The molecule has 0 aliphatic rings. The van der Waals surface area contributed by atoms with Gasteiger partial charge in [0.05, 0.1) is 40.4 Å². The Bertz CT molecular complexity index is 738. The number of rotatable bonds is 21. The third-order valence-corrected chi connectivity index (χ3v) is 6.34. The van der Waals surface area contributed by atoms with Crippen LogP contribution in [0.5, 0.6) is 0 Å². The van der Waals surface area contributed by atoms with Crippen molar-refractivity contribution in [3.05, 3.63) is 0 Å². The van der Waals surface area contributed by atoms with Crippen LogP contribution in [0, 0.1) is 0 Å². The number of amides is 2. The Labute approximate surface area is 230 Å². The molecule has 0 saturated carbocycles. The third-order valence-electron chi connectivity index (χ3n) is 5.05. The molecule has 0 aliphatic carbocycles. The third kappa shape index (κ3) is 16.3. The highest BCUT2D eigenvalue weighted by Crippen LogP contribution is 2.04. The Kier molecular flexibility index (Phi) is 19.0. The molecular weight excluding hydrogens is 544 g/mol. The second kappa shape index (κ2) is 20.4. The van der Waals surface area contributed by atoms with E-state index in [1.165, 1.54) is 47.5 Å². The summed E-state index contributed by atoms with van der Waals surface area (Å²) in [7, 11) is 2.39. The number of carbonyl (C=O) groups is 6. The quantitative estimate of drug-likeness (QED) is 0.115. The van der Waals surface area contributed by atoms with E-state index in [0.717, 1.165) is 0 Å². The number of hydrogen-bond donors (Lipinski definition) is 4. The summed E-state index contributed by atoms with van der Waals surface area (Å²) in [6.07, 6.45) is 4.33. The number of ether oxygens (including phenoxy) is 2. The Morgan fingerprint density at radius 3 is 1.29 bits per heavy atom. The Balaban J connectivity index is 5.28. The van der Waals surface area contributed by atoms with Crippen molar-refractivity contribution in [2.45, 2.75) is 24.9 Å².